The Bertz CT molecular complexity index is 222. The second-order valence-electron chi connectivity index (χ2n) is 4.73. The van der Waals surface area contributed by atoms with Gasteiger partial charge in [0.1, 0.15) is 0 Å². The smallest absolute Gasteiger partial charge is 0.171 e. The maximum Gasteiger partial charge on any atom is 0.171 e. The minimum Gasteiger partial charge on any atom is -0.377 e. The first-order valence-corrected chi connectivity index (χ1v) is 5.90. The van der Waals surface area contributed by atoms with Crippen molar-refractivity contribution in [3.05, 3.63) is 12.3 Å². The molecule has 0 atom stereocenters. The van der Waals surface area contributed by atoms with Gasteiger partial charge in [-0.05, 0) is 12.1 Å². The number of hydrogen-bond acceptors (Lipinski definition) is 3. The molecule has 0 aliphatic carbocycles. The van der Waals surface area contributed by atoms with Crippen molar-refractivity contribution >= 4 is 0 Å². The van der Waals surface area contributed by atoms with Crippen LogP contribution in [0.2, 0.25) is 0 Å². The van der Waals surface area contributed by atoms with Gasteiger partial charge in [-0.1, -0.05) is 19.9 Å². The molecule has 0 aromatic rings. The van der Waals surface area contributed by atoms with Crippen LogP contribution in [0.3, 0.4) is 0 Å². The average molecular weight is 211 g/mol. The number of hydrogen-bond donors (Lipinski definition) is 0. The first-order valence-electron chi connectivity index (χ1n) is 5.90. The number of allylic oxidation sites excluding steroid dienone is 1. The second kappa shape index (κ2) is 4.54. The predicted molar refractivity (Wildman–Crippen MR) is 59.4 cm³/mol. The van der Waals surface area contributed by atoms with E-state index in [4.69, 9.17) is 9.47 Å². The number of likely N-dealkylation sites (tertiary alicyclic amines) is 1. The summed E-state index contributed by atoms with van der Waals surface area (Å²) in [6, 6.07) is 0. The third-order valence-corrected chi connectivity index (χ3v) is 3.06. The van der Waals surface area contributed by atoms with Crippen molar-refractivity contribution in [2.24, 2.45) is 5.92 Å². The maximum absolute atomic E-state index is 5.68. The monoisotopic (exact) mass is 211 g/mol. The Labute approximate surface area is 92.0 Å². The molecule has 0 aromatic heterocycles. The lowest BCUT2D eigenvalue weighted by molar-refractivity contribution is -0.181. The van der Waals surface area contributed by atoms with E-state index in [1.54, 1.807) is 0 Å². The van der Waals surface area contributed by atoms with Crippen LogP contribution in [0.15, 0.2) is 12.3 Å². The summed E-state index contributed by atoms with van der Waals surface area (Å²) in [5.41, 5.74) is 0. The Kier molecular flexibility index (Phi) is 3.32. The van der Waals surface area contributed by atoms with Crippen LogP contribution in [0.4, 0.5) is 0 Å². The van der Waals surface area contributed by atoms with E-state index in [1.807, 2.05) is 0 Å². The molecule has 2 saturated heterocycles. The Morgan fingerprint density at radius 3 is 2.27 bits per heavy atom. The van der Waals surface area contributed by atoms with Gasteiger partial charge in [-0.25, -0.2) is 0 Å². The first kappa shape index (κ1) is 11.0. The quantitative estimate of drug-likeness (QED) is 0.697. The van der Waals surface area contributed by atoms with Gasteiger partial charge in [-0.2, -0.15) is 0 Å². The summed E-state index contributed by atoms with van der Waals surface area (Å²) in [6.07, 6.45) is 6.45. The molecule has 3 nitrogen and oxygen atoms in total. The third kappa shape index (κ3) is 2.73. The number of rotatable bonds is 2. The summed E-state index contributed by atoms with van der Waals surface area (Å²) in [6.45, 7) is 8.02. The lowest BCUT2D eigenvalue weighted by Crippen LogP contribution is -2.43. The molecule has 2 rings (SSSR count). The minimum atomic E-state index is -0.234. The normalized spacial score (nSPS) is 25.9. The summed E-state index contributed by atoms with van der Waals surface area (Å²) in [4.78, 5) is 2.36. The molecule has 86 valence electrons. The number of ether oxygens (including phenoxy) is 2. The van der Waals surface area contributed by atoms with Crippen LogP contribution >= 0.6 is 0 Å². The van der Waals surface area contributed by atoms with Crippen LogP contribution < -0.4 is 0 Å². The van der Waals surface area contributed by atoms with Crippen molar-refractivity contribution in [2.45, 2.75) is 32.5 Å². The molecule has 0 unspecified atom stereocenters. The number of piperidine rings is 1. The molecule has 1 spiro atoms. The molecule has 15 heavy (non-hydrogen) atoms. The van der Waals surface area contributed by atoms with Gasteiger partial charge in [0.2, 0.25) is 0 Å². The van der Waals surface area contributed by atoms with E-state index in [9.17, 15) is 0 Å². The largest absolute Gasteiger partial charge is 0.377 e. The highest BCUT2D eigenvalue weighted by molar-refractivity contribution is 4.90. The van der Waals surface area contributed by atoms with Crippen LogP contribution in [0.5, 0.6) is 0 Å². The summed E-state index contributed by atoms with van der Waals surface area (Å²) in [5, 5.41) is 0. The Morgan fingerprint density at radius 2 is 1.73 bits per heavy atom. The zero-order valence-corrected chi connectivity index (χ0v) is 9.74. The predicted octanol–water partition coefficient (Wildman–Crippen LogP) is 2.00. The number of nitrogens with zero attached hydrogens (tertiary/aromatic N) is 1. The van der Waals surface area contributed by atoms with Crippen LogP contribution in [0.1, 0.15) is 26.7 Å². The third-order valence-electron chi connectivity index (χ3n) is 3.06. The minimum absolute atomic E-state index is 0.234. The van der Waals surface area contributed by atoms with Crippen molar-refractivity contribution < 1.29 is 9.47 Å². The average Bonchev–Trinajstić information content (AvgIpc) is 2.66. The van der Waals surface area contributed by atoms with E-state index in [0.29, 0.717) is 5.92 Å². The van der Waals surface area contributed by atoms with E-state index in [-0.39, 0.29) is 5.79 Å². The van der Waals surface area contributed by atoms with Crippen LogP contribution in [0.25, 0.3) is 0 Å². The lowest BCUT2D eigenvalue weighted by atomic mass is 10.0. The van der Waals surface area contributed by atoms with E-state index in [1.165, 1.54) is 0 Å². The fourth-order valence-electron chi connectivity index (χ4n) is 2.09. The van der Waals surface area contributed by atoms with Crippen molar-refractivity contribution in [1.29, 1.82) is 0 Å². The molecule has 0 aromatic carbocycles. The topological polar surface area (TPSA) is 21.7 Å². The molecule has 0 radical (unpaired) electrons. The SMILES string of the molecule is CC(C)/C=C/N1CCC2(CC1)OCCO2. The maximum atomic E-state index is 5.68. The van der Waals surface area contributed by atoms with E-state index < -0.39 is 0 Å². The molecule has 0 saturated carbocycles. The van der Waals surface area contributed by atoms with Gasteiger partial charge in [0, 0.05) is 25.9 Å². The summed E-state index contributed by atoms with van der Waals surface area (Å²) in [7, 11) is 0. The Hall–Kier alpha value is -0.540. The zero-order valence-electron chi connectivity index (χ0n) is 9.74. The highest BCUT2D eigenvalue weighted by Crippen LogP contribution is 2.31. The summed E-state index contributed by atoms with van der Waals surface area (Å²) >= 11 is 0. The molecular formula is C12H21NO2. The fourth-order valence-corrected chi connectivity index (χ4v) is 2.09. The summed E-state index contributed by atoms with van der Waals surface area (Å²) in [5.74, 6) is 0.391. The molecule has 2 aliphatic rings. The molecule has 0 amide bonds. The lowest BCUT2D eigenvalue weighted by Gasteiger charge is -2.37. The Balaban J connectivity index is 1.81. The Morgan fingerprint density at radius 1 is 1.13 bits per heavy atom. The molecule has 2 fully saturated rings. The van der Waals surface area contributed by atoms with E-state index in [2.05, 4.69) is 31.0 Å². The van der Waals surface area contributed by atoms with Crippen molar-refractivity contribution in [3.63, 3.8) is 0 Å². The van der Waals surface area contributed by atoms with E-state index in [0.717, 1.165) is 39.1 Å². The van der Waals surface area contributed by atoms with Crippen molar-refractivity contribution in [3.8, 4) is 0 Å². The molecule has 2 heterocycles. The second-order valence-corrected chi connectivity index (χ2v) is 4.73. The summed E-state index contributed by atoms with van der Waals surface area (Å²) < 4.78 is 11.4. The highest BCUT2D eigenvalue weighted by Gasteiger charge is 2.39. The first-order chi connectivity index (χ1) is 7.20. The van der Waals surface area contributed by atoms with Crippen LogP contribution in [-0.4, -0.2) is 37.0 Å². The molecule has 3 heteroatoms. The van der Waals surface area contributed by atoms with E-state index >= 15 is 0 Å². The van der Waals surface area contributed by atoms with Gasteiger partial charge in [-0.15, -0.1) is 0 Å². The molecule has 0 N–H and O–H groups in total. The van der Waals surface area contributed by atoms with Crippen molar-refractivity contribution in [2.75, 3.05) is 26.3 Å². The standard InChI is InChI=1S/C12H21NO2/c1-11(2)3-6-13-7-4-12(5-8-13)14-9-10-15-12/h3,6,11H,4-5,7-10H2,1-2H3/b6-3+. The molecule has 0 bridgehead atoms. The van der Waals surface area contributed by atoms with Gasteiger partial charge in [0.15, 0.2) is 5.79 Å². The van der Waals surface area contributed by atoms with Crippen LogP contribution in [0, 0.1) is 5.92 Å². The van der Waals surface area contributed by atoms with Crippen LogP contribution in [-0.2, 0) is 9.47 Å². The molecule has 2 aliphatic heterocycles. The van der Waals surface area contributed by atoms with Gasteiger partial charge in [0.05, 0.1) is 13.2 Å². The zero-order chi connectivity index (χ0) is 10.7. The van der Waals surface area contributed by atoms with Gasteiger partial charge >= 0.3 is 0 Å². The molecular weight excluding hydrogens is 190 g/mol. The fraction of sp³-hybridized carbons (Fsp3) is 0.833. The van der Waals surface area contributed by atoms with Gasteiger partial charge in [0.25, 0.3) is 0 Å². The van der Waals surface area contributed by atoms with Gasteiger partial charge < -0.3 is 14.4 Å². The van der Waals surface area contributed by atoms with Gasteiger partial charge in [-0.3, -0.25) is 0 Å². The highest BCUT2D eigenvalue weighted by atomic mass is 16.7. The van der Waals surface area contributed by atoms with Crippen molar-refractivity contribution in [1.82, 2.24) is 4.90 Å².